The van der Waals surface area contributed by atoms with Crippen molar-refractivity contribution in [2.75, 3.05) is 11.4 Å². The highest BCUT2D eigenvalue weighted by Gasteiger charge is 2.21. The Morgan fingerprint density at radius 2 is 2.00 bits per heavy atom. The summed E-state index contributed by atoms with van der Waals surface area (Å²) in [4.78, 5) is 25.3. The van der Waals surface area contributed by atoms with Gasteiger partial charge in [-0.25, -0.2) is 4.79 Å². The van der Waals surface area contributed by atoms with Gasteiger partial charge in [-0.15, -0.1) is 0 Å². The Balaban J connectivity index is 1.71. The number of hydrogen-bond donors (Lipinski definition) is 0. The number of aryl methyl sites for hydroxylation is 1. The third kappa shape index (κ3) is 2.67. The van der Waals surface area contributed by atoms with E-state index in [1.807, 2.05) is 0 Å². The molecule has 5 nitrogen and oxygen atoms in total. The van der Waals surface area contributed by atoms with Gasteiger partial charge in [0.25, 0.3) is 0 Å². The highest BCUT2D eigenvalue weighted by molar-refractivity contribution is 5.95. The van der Waals surface area contributed by atoms with Gasteiger partial charge in [0.05, 0.1) is 6.26 Å². The molecule has 1 fully saturated rings. The molecule has 3 rings (SSSR count). The second kappa shape index (κ2) is 5.44. The van der Waals surface area contributed by atoms with Gasteiger partial charge in [0.2, 0.25) is 11.7 Å². The number of furan rings is 1. The highest BCUT2D eigenvalue weighted by atomic mass is 16.5. The maximum absolute atomic E-state index is 11.9. The van der Waals surface area contributed by atoms with Crippen molar-refractivity contribution in [3.8, 4) is 5.75 Å². The smallest absolute Gasteiger partial charge is 0.379 e. The second-order valence-electron chi connectivity index (χ2n) is 4.97. The number of carbonyl (C=O) groups excluding carboxylic acids is 2. The Morgan fingerprint density at radius 1 is 1.24 bits per heavy atom. The average molecular weight is 285 g/mol. The second-order valence-corrected chi connectivity index (χ2v) is 4.97. The zero-order valence-electron chi connectivity index (χ0n) is 11.7. The van der Waals surface area contributed by atoms with Crippen LogP contribution in [0.2, 0.25) is 0 Å². The van der Waals surface area contributed by atoms with Crippen LogP contribution in [0, 0.1) is 6.92 Å². The maximum atomic E-state index is 11.9. The molecule has 0 radical (unpaired) electrons. The molecule has 0 N–H and O–H groups in total. The lowest BCUT2D eigenvalue weighted by molar-refractivity contribution is -0.117. The summed E-state index contributed by atoms with van der Waals surface area (Å²) < 4.78 is 10.3. The van der Waals surface area contributed by atoms with E-state index in [9.17, 15) is 9.59 Å². The van der Waals surface area contributed by atoms with Gasteiger partial charge in [0.15, 0.2) is 0 Å². The van der Waals surface area contributed by atoms with Crippen molar-refractivity contribution < 1.29 is 18.7 Å². The molecule has 0 unspecified atom stereocenters. The molecule has 1 saturated heterocycles. The molecule has 2 aromatic rings. The molecule has 0 aliphatic carbocycles. The van der Waals surface area contributed by atoms with E-state index in [1.165, 1.54) is 6.26 Å². The molecule has 0 spiro atoms. The summed E-state index contributed by atoms with van der Waals surface area (Å²) in [5.41, 5.74) is 1.56. The fourth-order valence-electron chi connectivity index (χ4n) is 2.35. The Labute approximate surface area is 122 Å². The van der Waals surface area contributed by atoms with Gasteiger partial charge < -0.3 is 14.1 Å². The minimum atomic E-state index is -0.525. The van der Waals surface area contributed by atoms with Crippen molar-refractivity contribution in [1.29, 1.82) is 0 Å². The van der Waals surface area contributed by atoms with Crippen LogP contribution in [0.25, 0.3) is 0 Å². The summed E-state index contributed by atoms with van der Waals surface area (Å²) in [6.45, 7) is 2.52. The molecule has 0 atom stereocenters. The van der Waals surface area contributed by atoms with E-state index >= 15 is 0 Å². The van der Waals surface area contributed by atoms with Gasteiger partial charge in [0.1, 0.15) is 5.75 Å². The minimum absolute atomic E-state index is 0.131. The molecule has 1 aromatic carbocycles. The zero-order valence-corrected chi connectivity index (χ0v) is 11.7. The average Bonchev–Trinajstić information content (AvgIpc) is 3.08. The standard InChI is InChI=1S/C16H15NO4/c1-11-8-10-20-15(11)16(19)21-13-6-4-12(5-7-13)17-9-2-3-14(17)18/h4-8,10H,2-3,9H2,1H3. The summed E-state index contributed by atoms with van der Waals surface area (Å²) in [5.74, 6) is 0.230. The molecule has 0 bridgehead atoms. The van der Waals surface area contributed by atoms with Crippen LogP contribution in [0.3, 0.4) is 0 Å². The number of esters is 1. The number of carbonyl (C=O) groups is 2. The van der Waals surface area contributed by atoms with E-state index in [0.29, 0.717) is 12.2 Å². The number of benzene rings is 1. The first-order valence-electron chi connectivity index (χ1n) is 6.82. The summed E-state index contributed by atoms with van der Waals surface area (Å²) in [6, 6.07) is 8.62. The van der Waals surface area contributed by atoms with Gasteiger partial charge in [0, 0.05) is 24.2 Å². The Morgan fingerprint density at radius 3 is 2.57 bits per heavy atom. The molecular formula is C16H15NO4. The summed E-state index contributed by atoms with van der Waals surface area (Å²) in [7, 11) is 0. The fraction of sp³-hybridized carbons (Fsp3) is 0.250. The fourth-order valence-corrected chi connectivity index (χ4v) is 2.35. The first kappa shape index (κ1) is 13.4. The lowest BCUT2D eigenvalue weighted by Crippen LogP contribution is -2.23. The van der Waals surface area contributed by atoms with Crippen molar-refractivity contribution >= 4 is 17.6 Å². The zero-order chi connectivity index (χ0) is 14.8. The lowest BCUT2D eigenvalue weighted by Gasteiger charge is -2.15. The van der Waals surface area contributed by atoms with Gasteiger partial charge in [-0.2, -0.15) is 0 Å². The van der Waals surface area contributed by atoms with Crippen LogP contribution in [-0.2, 0) is 4.79 Å². The molecule has 2 heterocycles. The monoisotopic (exact) mass is 285 g/mol. The molecule has 1 amide bonds. The third-order valence-corrected chi connectivity index (χ3v) is 3.48. The topological polar surface area (TPSA) is 59.8 Å². The number of anilines is 1. The molecule has 1 aliphatic heterocycles. The van der Waals surface area contributed by atoms with Crippen molar-refractivity contribution in [1.82, 2.24) is 0 Å². The van der Waals surface area contributed by atoms with Crippen LogP contribution >= 0.6 is 0 Å². The SMILES string of the molecule is Cc1ccoc1C(=O)Oc1ccc(N2CCCC2=O)cc1. The van der Waals surface area contributed by atoms with Crippen LogP contribution in [0.4, 0.5) is 5.69 Å². The van der Waals surface area contributed by atoms with Crippen molar-refractivity contribution in [2.45, 2.75) is 19.8 Å². The third-order valence-electron chi connectivity index (χ3n) is 3.48. The lowest BCUT2D eigenvalue weighted by atomic mass is 10.2. The Kier molecular flexibility index (Phi) is 3.48. The van der Waals surface area contributed by atoms with Crippen LogP contribution in [-0.4, -0.2) is 18.4 Å². The molecule has 0 saturated carbocycles. The first-order chi connectivity index (χ1) is 10.1. The Bertz CT molecular complexity index is 672. The first-order valence-corrected chi connectivity index (χ1v) is 6.82. The van der Waals surface area contributed by atoms with Crippen molar-refractivity contribution in [3.63, 3.8) is 0 Å². The van der Waals surface area contributed by atoms with E-state index in [4.69, 9.17) is 9.15 Å². The predicted molar refractivity (Wildman–Crippen MR) is 76.4 cm³/mol. The number of hydrogen-bond acceptors (Lipinski definition) is 4. The van der Waals surface area contributed by atoms with Crippen LogP contribution in [0.1, 0.15) is 29.0 Å². The maximum Gasteiger partial charge on any atom is 0.379 e. The number of ether oxygens (including phenoxy) is 1. The largest absolute Gasteiger partial charge is 0.457 e. The van der Waals surface area contributed by atoms with Gasteiger partial charge in [-0.1, -0.05) is 0 Å². The van der Waals surface area contributed by atoms with E-state index in [0.717, 1.165) is 24.2 Å². The number of amides is 1. The van der Waals surface area contributed by atoms with Gasteiger partial charge in [-0.3, -0.25) is 4.79 Å². The van der Waals surface area contributed by atoms with Crippen LogP contribution in [0.15, 0.2) is 41.0 Å². The van der Waals surface area contributed by atoms with E-state index in [2.05, 4.69) is 0 Å². The Hall–Kier alpha value is -2.56. The number of rotatable bonds is 3. The summed E-state index contributed by atoms with van der Waals surface area (Å²) >= 11 is 0. The van der Waals surface area contributed by atoms with E-state index < -0.39 is 5.97 Å². The molecule has 1 aliphatic rings. The van der Waals surface area contributed by atoms with Crippen molar-refractivity contribution in [3.05, 3.63) is 47.9 Å². The summed E-state index contributed by atoms with van der Waals surface area (Å²) in [6.07, 6.45) is 2.93. The van der Waals surface area contributed by atoms with E-state index in [1.54, 1.807) is 42.2 Å². The number of nitrogens with zero attached hydrogens (tertiary/aromatic N) is 1. The van der Waals surface area contributed by atoms with Gasteiger partial charge in [-0.05, 0) is 43.7 Å². The summed E-state index contributed by atoms with van der Waals surface area (Å²) in [5, 5.41) is 0. The van der Waals surface area contributed by atoms with Crippen molar-refractivity contribution in [2.24, 2.45) is 0 Å². The van der Waals surface area contributed by atoms with Crippen LogP contribution in [0.5, 0.6) is 5.75 Å². The molecule has 21 heavy (non-hydrogen) atoms. The predicted octanol–water partition coefficient (Wildman–Crippen LogP) is 2.93. The molecule has 5 heteroatoms. The molecule has 108 valence electrons. The molecule has 1 aromatic heterocycles. The minimum Gasteiger partial charge on any atom is -0.457 e. The normalized spacial score (nSPS) is 14.5. The van der Waals surface area contributed by atoms with Crippen LogP contribution < -0.4 is 9.64 Å². The molecular weight excluding hydrogens is 270 g/mol. The van der Waals surface area contributed by atoms with E-state index in [-0.39, 0.29) is 11.7 Å². The highest BCUT2D eigenvalue weighted by Crippen LogP contribution is 2.24. The van der Waals surface area contributed by atoms with Gasteiger partial charge >= 0.3 is 5.97 Å². The quantitative estimate of drug-likeness (QED) is 0.642.